The first-order chi connectivity index (χ1) is 19.9. The zero-order chi connectivity index (χ0) is 28.4. The lowest BCUT2D eigenvalue weighted by atomic mass is 9.77. The first kappa shape index (κ1) is 25.8. The zero-order valence-electron chi connectivity index (χ0n) is 23.9. The van der Waals surface area contributed by atoms with Gasteiger partial charge in [0.15, 0.2) is 5.60 Å². The van der Waals surface area contributed by atoms with Crippen LogP contribution in [0.2, 0.25) is 0 Å². The molecule has 0 atom stereocenters. The Morgan fingerprint density at radius 3 is 1.98 bits per heavy atom. The molecule has 3 nitrogen and oxygen atoms in total. The summed E-state index contributed by atoms with van der Waals surface area (Å²) in [6, 6.07) is 32.0. The standard InChI is InChI=1S/C37H32O3S/c1-36(2)32-9-7-6-8-29(32)33-28-19-18-27(41-5)22-31(28)35-30(34(33)36)20-21-37(40-35,23-10-14-25(38-3)15-11-23)24-12-16-26(39-4)17-13-24/h6-22H,1-5H3. The predicted octanol–water partition coefficient (Wildman–Crippen LogP) is 9.23. The molecule has 0 radical (unpaired) electrons. The van der Waals surface area contributed by atoms with E-state index in [0.29, 0.717) is 0 Å². The smallest absolute Gasteiger partial charge is 0.178 e. The van der Waals surface area contributed by atoms with E-state index in [4.69, 9.17) is 14.2 Å². The van der Waals surface area contributed by atoms with Gasteiger partial charge < -0.3 is 14.2 Å². The highest BCUT2D eigenvalue weighted by molar-refractivity contribution is 7.98. The summed E-state index contributed by atoms with van der Waals surface area (Å²) in [5.41, 5.74) is 7.53. The third-order valence-electron chi connectivity index (χ3n) is 8.78. The molecule has 1 aliphatic heterocycles. The average Bonchev–Trinajstić information content (AvgIpc) is 3.27. The molecular formula is C37H32O3S. The second-order valence-electron chi connectivity index (χ2n) is 11.2. The van der Waals surface area contributed by atoms with Crippen LogP contribution >= 0.6 is 11.8 Å². The van der Waals surface area contributed by atoms with Gasteiger partial charge in [0.25, 0.3) is 0 Å². The van der Waals surface area contributed by atoms with E-state index in [9.17, 15) is 0 Å². The van der Waals surface area contributed by atoms with Crippen molar-refractivity contribution in [3.8, 4) is 28.4 Å². The quantitative estimate of drug-likeness (QED) is 0.202. The van der Waals surface area contributed by atoms with Gasteiger partial charge in [-0.2, -0.15) is 0 Å². The van der Waals surface area contributed by atoms with E-state index in [-0.39, 0.29) is 5.41 Å². The summed E-state index contributed by atoms with van der Waals surface area (Å²) in [5.74, 6) is 2.54. The number of thioether (sulfide) groups is 1. The van der Waals surface area contributed by atoms with Crippen LogP contribution in [-0.4, -0.2) is 20.5 Å². The lowest BCUT2D eigenvalue weighted by Gasteiger charge is -2.38. The van der Waals surface area contributed by atoms with Gasteiger partial charge in [-0.3, -0.25) is 0 Å². The molecule has 2 aliphatic rings. The molecule has 0 unspecified atom stereocenters. The van der Waals surface area contributed by atoms with Gasteiger partial charge >= 0.3 is 0 Å². The molecule has 5 aromatic rings. The first-order valence-electron chi connectivity index (χ1n) is 13.9. The fourth-order valence-electron chi connectivity index (χ4n) is 6.71. The van der Waals surface area contributed by atoms with Gasteiger partial charge in [-0.25, -0.2) is 0 Å². The molecule has 4 heteroatoms. The number of hydrogen-bond donors (Lipinski definition) is 0. The second-order valence-corrected chi connectivity index (χ2v) is 12.1. The molecule has 0 bridgehead atoms. The monoisotopic (exact) mass is 556 g/mol. The Morgan fingerprint density at radius 1 is 0.732 bits per heavy atom. The van der Waals surface area contributed by atoms with E-state index in [1.165, 1.54) is 32.5 Å². The minimum absolute atomic E-state index is 0.170. The van der Waals surface area contributed by atoms with E-state index in [0.717, 1.165) is 39.3 Å². The van der Waals surface area contributed by atoms with Crippen LogP contribution in [0, 0.1) is 0 Å². The van der Waals surface area contributed by atoms with Crippen LogP contribution in [0.4, 0.5) is 0 Å². The third-order valence-corrected chi connectivity index (χ3v) is 9.51. The number of hydrogen-bond acceptors (Lipinski definition) is 4. The Balaban J connectivity index is 1.55. The SMILES string of the molecule is COc1ccc(C2(c3ccc(OC)cc3)C=Cc3c4c(c5ccc(SC)cc5c3O2)-c2ccccc2C4(C)C)cc1. The largest absolute Gasteiger partial charge is 0.497 e. The molecule has 0 spiro atoms. The van der Waals surface area contributed by atoms with Crippen LogP contribution in [0.1, 0.15) is 41.7 Å². The highest BCUT2D eigenvalue weighted by Gasteiger charge is 2.44. The van der Waals surface area contributed by atoms with Crippen LogP contribution in [0.25, 0.3) is 28.0 Å². The lowest BCUT2D eigenvalue weighted by molar-refractivity contribution is 0.163. The lowest BCUT2D eigenvalue weighted by Crippen LogP contribution is -2.35. The molecule has 0 fully saturated rings. The second kappa shape index (κ2) is 9.46. The fourth-order valence-corrected chi connectivity index (χ4v) is 7.15. The molecule has 0 amide bonds. The number of benzene rings is 5. The molecular weight excluding hydrogens is 524 g/mol. The van der Waals surface area contributed by atoms with E-state index in [1.54, 1.807) is 26.0 Å². The Kier molecular flexibility index (Phi) is 5.95. The van der Waals surface area contributed by atoms with Crippen LogP contribution in [0.5, 0.6) is 17.2 Å². The summed E-state index contributed by atoms with van der Waals surface area (Å²) in [6.45, 7) is 4.67. The average molecular weight is 557 g/mol. The summed E-state index contributed by atoms with van der Waals surface area (Å²) in [7, 11) is 3.38. The van der Waals surface area contributed by atoms with Gasteiger partial charge in [0.2, 0.25) is 0 Å². The van der Waals surface area contributed by atoms with Gasteiger partial charge in [-0.1, -0.05) is 74.5 Å². The van der Waals surface area contributed by atoms with Crippen molar-refractivity contribution in [3.63, 3.8) is 0 Å². The maximum Gasteiger partial charge on any atom is 0.178 e. The maximum atomic E-state index is 7.39. The van der Waals surface area contributed by atoms with E-state index >= 15 is 0 Å². The van der Waals surface area contributed by atoms with Gasteiger partial charge in [0.1, 0.15) is 17.2 Å². The molecule has 0 N–H and O–H groups in total. The molecule has 1 aliphatic carbocycles. The van der Waals surface area contributed by atoms with Gasteiger partial charge in [0.05, 0.1) is 14.2 Å². The number of ether oxygens (including phenoxy) is 3. The number of methoxy groups -OCH3 is 2. The molecule has 5 aromatic carbocycles. The van der Waals surface area contributed by atoms with Crippen LogP contribution in [-0.2, 0) is 11.0 Å². The summed E-state index contributed by atoms with van der Waals surface area (Å²) in [5, 5.41) is 2.36. The minimum atomic E-state index is -0.836. The molecule has 204 valence electrons. The molecule has 41 heavy (non-hydrogen) atoms. The molecule has 1 heterocycles. The van der Waals surface area contributed by atoms with E-state index in [2.05, 4.69) is 99.0 Å². The van der Waals surface area contributed by atoms with Crippen molar-refractivity contribution in [1.29, 1.82) is 0 Å². The van der Waals surface area contributed by atoms with Crippen molar-refractivity contribution in [2.45, 2.75) is 29.8 Å². The van der Waals surface area contributed by atoms with Gasteiger partial charge in [-0.05, 0) is 76.4 Å². The van der Waals surface area contributed by atoms with Crippen molar-refractivity contribution >= 4 is 28.6 Å². The summed E-state index contributed by atoms with van der Waals surface area (Å²) >= 11 is 1.75. The topological polar surface area (TPSA) is 27.7 Å². The van der Waals surface area contributed by atoms with Crippen LogP contribution in [0.3, 0.4) is 0 Å². The van der Waals surface area contributed by atoms with Crippen LogP contribution in [0.15, 0.2) is 102 Å². The highest BCUT2D eigenvalue weighted by Crippen LogP contribution is 2.58. The first-order valence-corrected chi connectivity index (χ1v) is 15.1. The van der Waals surface area contributed by atoms with Crippen molar-refractivity contribution in [2.75, 3.05) is 20.5 Å². The highest BCUT2D eigenvalue weighted by atomic mass is 32.2. The zero-order valence-corrected chi connectivity index (χ0v) is 24.8. The maximum absolute atomic E-state index is 7.39. The van der Waals surface area contributed by atoms with Crippen molar-refractivity contribution < 1.29 is 14.2 Å². The van der Waals surface area contributed by atoms with Gasteiger partial charge in [-0.15, -0.1) is 11.8 Å². The summed E-state index contributed by atoms with van der Waals surface area (Å²) in [6.07, 6.45) is 6.65. The summed E-state index contributed by atoms with van der Waals surface area (Å²) in [4.78, 5) is 1.21. The molecule has 0 aromatic heterocycles. The van der Waals surface area contributed by atoms with Crippen molar-refractivity contribution in [2.24, 2.45) is 0 Å². The van der Waals surface area contributed by atoms with Crippen molar-refractivity contribution in [3.05, 3.63) is 125 Å². The predicted molar refractivity (Wildman–Crippen MR) is 170 cm³/mol. The number of rotatable bonds is 5. The number of fused-ring (bicyclic) bond motifs is 8. The van der Waals surface area contributed by atoms with Gasteiger partial charge in [0, 0.05) is 32.4 Å². The van der Waals surface area contributed by atoms with E-state index in [1.807, 2.05) is 24.3 Å². The van der Waals surface area contributed by atoms with E-state index < -0.39 is 5.60 Å². The normalized spacial score (nSPS) is 15.5. The Morgan fingerprint density at radius 2 is 1.37 bits per heavy atom. The van der Waals surface area contributed by atoms with Crippen LogP contribution < -0.4 is 14.2 Å². The Labute approximate surface area is 245 Å². The fraction of sp³-hybridized carbons (Fsp3) is 0.189. The summed E-state index contributed by atoms with van der Waals surface area (Å²) < 4.78 is 18.4. The third kappa shape index (κ3) is 3.74. The molecule has 0 saturated heterocycles. The Bertz CT molecular complexity index is 1780. The minimum Gasteiger partial charge on any atom is -0.497 e. The Hall–Kier alpha value is -4.15. The molecule has 0 saturated carbocycles. The van der Waals surface area contributed by atoms with Crippen molar-refractivity contribution in [1.82, 2.24) is 0 Å². The molecule has 7 rings (SSSR count).